The van der Waals surface area contributed by atoms with Crippen LogP contribution in [0, 0.1) is 0 Å². The maximum absolute atomic E-state index is 12.1. The van der Waals surface area contributed by atoms with Crippen LogP contribution in [-0.4, -0.2) is 24.8 Å². The van der Waals surface area contributed by atoms with Gasteiger partial charge in [0.05, 0.1) is 0 Å². The first-order valence-electron chi connectivity index (χ1n) is 6.91. The average Bonchev–Trinajstić information content (AvgIpc) is 2.55. The SMILES string of the molecule is CNC(=O)c1ccc(NC(=O)c2ccc(OC(C)=O)cc2)cc1. The van der Waals surface area contributed by atoms with E-state index in [-0.39, 0.29) is 11.8 Å². The van der Waals surface area contributed by atoms with Crippen LogP contribution in [0.25, 0.3) is 0 Å². The van der Waals surface area contributed by atoms with Crippen LogP contribution in [0.15, 0.2) is 48.5 Å². The Hall–Kier alpha value is -3.15. The lowest BCUT2D eigenvalue weighted by molar-refractivity contribution is -0.131. The predicted molar refractivity (Wildman–Crippen MR) is 85.5 cm³/mol. The van der Waals surface area contributed by atoms with Crippen LogP contribution in [0.5, 0.6) is 5.75 Å². The predicted octanol–water partition coefficient (Wildman–Crippen LogP) is 2.22. The van der Waals surface area contributed by atoms with E-state index in [4.69, 9.17) is 4.74 Å². The molecule has 0 heterocycles. The Balaban J connectivity index is 2.03. The van der Waals surface area contributed by atoms with E-state index < -0.39 is 5.97 Å². The number of carbonyl (C=O) groups is 3. The first-order chi connectivity index (χ1) is 11.0. The third kappa shape index (κ3) is 4.41. The molecule has 0 aliphatic rings. The van der Waals surface area contributed by atoms with Crippen LogP contribution in [0.2, 0.25) is 0 Å². The molecule has 0 saturated heterocycles. The summed E-state index contributed by atoms with van der Waals surface area (Å²) in [6.45, 7) is 1.31. The number of hydrogen-bond acceptors (Lipinski definition) is 4. The lowest BCUT2D eigenvalue weighted by Crippen LogP contribution is -2.17. The maximum atomic E-state index is 12.1. The van der Waals surface area contributed by atoms with E-state index in [1.165, 1.54) is 6.92 Å². The van der Waals surface area contributed by atoms with Gasteiger partial charge in [-0.25, -0.2) is 0 Å². The summed E-state index contributed by atoms with van der Waals surface area (Å²) in [6.07, 6.45) is 0. The highest BCUT2D eigenvalue weighted by atomic mass is 16.5. The highest BCUT2D eigenvalue weighted by Gasteiger charge is 2.08. The molecule has 0 spiro atoms. The molecule has 2 rings (SSSR count). The molecule has 0 atom stereocenters. The molecular formula is C17H16N2O4. The van der Waals surface area contributed by atoms with Gasteiger partial charge in [-0.1, -0.05) is 0 Å². The van der Waals surface area contributed by atoms with Crippen molar-refractivity contribution in [1.29, 1.82) is 0 Å². The first-order valence-corrected chi connectivity index (χ1v) is 6.91. The number of carbonyl (C=O) groups excluding carboxylic acids is 3. The van der Waals surface area contributed by atoms with E-state index in [0.717, 1.165) is 0 Å². The molecule has 6 heteroatoms. The zero-order valence-corrected chi connectivity index (χ0v) is 12.8. The standard InChI is InChI=1S/C17H16N2O4/c1-11(20)23-15-9-5-13(6-10-15)17(22)19-14-7-3-12(4-8-14)16(21)18-2/h3-10H,1-2H3,(H,18,21)(H,19,22). The molecule has 0 radical (unpaired) electrons. The minimum absolute atomic E-state index is 0.191. The lowest BCUT2D eigenvalue weighted by Gasteiger charge is -2.07. The minimum Gasteiger partial charge on any atom is -0.427 e. The van der Waals surface area contributed by atoms with Gasteiger partial charge in [0, 0.05) is 30.8 Å². The van der Waals surface area contributed by atoms with Crippen molar-refractivity contribution in [2.75, 3.05) is 12.4 Å². The molecule has 6 nitrogen and oxygen atoms in total. The van der Waals surface area contributed by atoms with Crippen LogP contribution in [0.4, 0.5) is 5.69 Å². The van der Waals surface area contributed by atoms with Gasteiger partial charge in [-0.3, -0.25) is 14.4 Å². The summed E-state index contributed by atoms with van der Waals surface area (Å²) < 4.78 is 4.90. The average molecular weight is 312 g/mol. The van der Waals surface area contributed by atoms with Crippen LogP contribution >= 0.6 is 0 Å². The number of hydrogen-bond donors (Lipinski definition) is 2. The molecule has 2 aromatic rings. The van der Waals surface area contributed by atoms with Gasteiger partial charge in [0.1, 0.15) is 5.75 Å². The Morgan fingerprint density at radius 2 is 1.35 bits per heavy atom. The Bertz CT molecular complexity index is 721. The van der Waals surface area contributed by atoms with Crippen molar-refractivity contribution >= 4 is 23.5 Å². The first kappa shape index (κ1) is 16.2. The van der Waals surface area contributed by atoms with E-state index in [0.29, 0.717) is 22.6 Å². The molecule has 23 heavy (non-hydrogen) atoms. The Morgan fingerprint density at radius 3 is 1.87 bits per heavy atom. The third-order valence-electron chi connectivity index (χ3n) is 3.01. The van der Waals surface area contributed by atoms with Crippen LogP contribution < -0.4 is 15.4 Å². The summed E-state index contributed by atoms with van der Waals surface area (Å²) >= 11 is 0. The van der Waals surface area contributed by atoms with Gasteiger partial charge in [0.25, 0.3) is 11.8 Å². The van der Waals surface area contributed by atoms with E-state index in [2.05, 4.69) is 10.6 Å². The lowest BCUT2D eigenvalue weighted by atomic mass is 10.1. The number of amides is 2. The quantitative estimate of drug-likeness (QED) is 0.670. The number of benzene rings is 2. The Labute approximate surface area is 133 Å². The monoisotopic (exact) mass is 312 g/mol. The molecule has 0 aromatic heterocycles. The molecule has 2 aromatic carbocycles. The van der Waals surface area contributed by atoms with E-state index >= 15 is 0 Å². The smallest absolute Gasteiger partial charge is 0.308 e. The van der Waals surface area contributed by atoms with Crippen LogP contribution in [-0.2, 0) is 4.79 Å². The normalized spacial score (nSPS) is 9.83. The van der Waals surface area contributed by atoms with Gasteiger partial charge in [0.2, 0.25) is 0 Å². The summed E-state index contributed by atoms with van der Waals surface area (Å²) in [5.74, 6) is -0.529. The molecule has 0 saturated carbocycles. The van der Waals surface area contributed by atoms with E-state index in [1.54, 1.807) is 55.6 Å². The summed E-state index contributed by atoms with van der Waals surface area (Å²) in [4.78, 5) is 34.4. The number of nitrogens with one attached hydrogen (secondary N) is 2. The van der Waals surface area contributed by atoms with Gasteiger partial charge < -0.3 is 15.4 Å². The van der Waals surface area contributed by atoms with Crippen molar-refractivity contribution in [3.05, 3.63) is 59.7 Å². The maximum Gasteiger partial charge on any atom is 0.308 e. The largest absolute Gasteiger partial charge is 0.427 e. The van der Waals surface area contributed by atoms with Crippen molar-refractivity contribution in [3.63, 3.8) is 0 Å². The molecule has 0 aliphatic heterocycles. The molecule has 0 bridgehead atoms. The Morgan fingerprint density at radius 1 is 0.826 bits per heavy atom. The highest BCUT2D eigenvalue weighted by molar-refractivity contribution is 6.04. The fourth-order valence-electron chi connectivity index (χ4n) is 1.89. The van der Waals surface area contributed by atoms with E-state index in [1.807, 2.05) is 0 Å². The molecule has 0 fully saturated rings. The van der Waals surface area contributed by atoms with Crippen molar-refractivity contribution < 1.29 is 19.1 Å². The van der Waals surface area contributed by atoms with Gasteiger partial charge in [-0.05, 0) is 48.5 Å². The minimum atomic E-state index is -0.418. The zero-order chi connectivity index (χ0) is 16.8. The van der Waals surface area contributed by atoms with E-state index in [9.17, 15) is 14.4 Å². The number of anilines is 1. The summed E-state index contributed by atoms with van der Waals surface area (Å²) in [6, 6.07) is 12.8. The van der Waals surface area contributed by atoms with Gasteiger partial charge in [-0.15, -0.1) is 0 Å². The fraction of sp³-hybridized carbons (Fsp3) is 0.118. The second-order valence-corrected chi connectivity index (χ2v) is 4.73. The molecule has 2 amide bonds. The molecular weight excluding hydrogens is 296 g/mol. The van der Waals surface area contributed by atoms with Crippen molar-refractivity contribution in [2.45, 2.75) is 6.92 Å². The summed E-state index contributed by atoms with van der Waals surface area (Å²) in [7, 11) is 1.55. The Kier molecular flexibility index (Phi) is 5.09. The van der Waals surface area contributed by atoms with Gasteiger partial charge >= 0.3 is 5.97 Å². The second kappa shape index (κ2) is 7.22. The summed E-state index contributed by atoms with van der Waals surface area (Å²) in [5, 5.41) is 5.25. The second-order valence-electron chi connectivity index (χ2n) is 4.73. The topological polar surface area (TPSA) is 84.5 Å². The molecule has 118 valence electrons. The highest BCUT2D eigenvalue weighted by Crippen LogP contribution is 2.15. The number of ether oxygens (including phenoxy) is 1. The number of rotatable bonds is 4. The number of esters is 1. The molecule has 0 aliphatic carbocycles. The van der Waals surface area contributed by atoms with Gasteiger partial charge in [-0.2, -0.15) is 0 Å². The summed E-state index contributed by atoms with van der Waals surface area (Å²) in [5.41, 5.74) is 1.51. The van der Waals surface area contributed by atoms with Crippen molar-refractivity contribution in [2.24, 2.45) is 0 Å². The van der Waals surface area contributed by atoms with Crippen LogP contribution in [0.3, 0.4) is 0 Å². The third-order valence-corrected chi connectivity index (χ3v) is 3.01. The molecule has 0 unspecified atom stereocenters. The fourth-order valence-corrected chi connectivity index (χ4v) is 1.89. The zero-order valence-electron chi connectivity index (χ0n) is 12.8. The van der Waals surface area contributed by atoms with Crippen molar-refractivity contribution in [1.82, 2.24) is 5.32 Å². The van der Waals surface area contributed by atoms with Gasteiger partial charge in [0.15, 0.2) is 0 Å². The molecule has 2 N–H and O–H groups in total. The van der Waals surface area contributed by atoms with Crippen LogP contribution in [0.1, 0.15) is 27.6 Å². The van der Waals surface area contributed by atoms with Crippen molar-refractivity contribution in [3.8, 4) is 5.75 Å².